The Morgan fingerprint density at radius 3 is 2.86 bits per heavy atom. The third kappa shape index (κ3) is 1.63. The summed E-state index contributed by atoms with van der Waals surface area (Å²) in [4.78, 5) is 0. The molecule has 14 heavy (non-hydrogen) atoms. The Morgan fingerprint density at radius 2 is 2.14 bits per heavy atom. The van der Waals surface area contributed by atoms with Crippen molar-refractivity contribution in [2.45, 2.75) is 26.7 Å². The molecule has 0 aromatic heterocycles. The van der Waals surface area contributed by atoms with Gasteiger partial charge in [-0.25, -0.2) is 0 Å². The van der Waals surface area contributed by atoms with E-state index in [0.717, 1.165) is 29.6 Å². The summed E-state index contributed by atoms with van der Waals surface area (Å²) >= 11 is 0. The van der Waals surface area contributed by atoms with Gasteiger partial charge in [-0.05, 0) is 55.5 Å². The molecule has 1 saturated carbocycles. The highest BCUT2D eigenvalue weighted by atomic mass is 14.9. The Balaban J connectivity index is 2.14. The zero-order valence-corrected chi connectivity index (χ0v) is 9.50. The Morgan fingerprint density at radius 1 is 1.36 bits per heavy atom. The van der Waals surface area contributed by atoms with E-state index in [1.54, 1.807) is 0 Å². The van der Waals surface area contributed by atoms with Gasteiger partial charge >= 0.3 is 0 Å². The summed E-state index contributed by atoms with van der Waals surface area (Å²) in [5.41, 5.74) is 0. The number of nitrogens with one attached hydrogen (secondary N) is 1. The Bertz CT molecular complexity index is 211. The van der Waals surface area contributed by atoms with E-state index >= 15 is 0 Å². The summed E-state index contributed by atoms with van der Waals surface area (Å²) in [6.45, 7) is 11.3. The lowest BCUT2D eigenvalue weighted by atomic mass is 9.61. The summed E-state index contributed by atoms with van der Waals surface area (Å²) in [7, 11) is 0. The van der Waals surface area contributed by atoms with Crippen molar-refractivity contribution in [3.63, 3.8) is 0 Å². The molecule has 0 amide bonds. The van der Waals surface area contributed by atoms with Crippen LogP contribution in [0.1, 0.15) is 26.7 Å². The molecular formula is C13H23N. The van der Waals surface area contributed by atoms with E-state index in [1.807, 2.05) is 0 Å². The van der Waals surface area contributed by atoms with Crippen molar-refractivity contribution in [2.75, 3.05) is 13.1 Å². The standard InChI is InChI=1S/C13H23N/c1-4-12-10(3)9(2)7-11-8-14-6-5-13(11)12/h4,9-14H,1,5-8H2,2-3H3. The fourth-order valence-corrected chi connectivity index (χ4v) is 3.56. The molecule has 5 unspecified atom stereocenters. The highest BCUT2D eigenvalue weighted by Crippen LogP contribution is 2.44. The van der Waals surface area contributed by atoms with E-state index in [-0.39, 0.29) is 0 Å². The first-order valence-electron chi connectivity index (χ1n) is 6.07. The number of hydrogen-bond acceptors (Lipinski definition) is 1. The van der Waals surface area contributed by atoms with E-state index in [0.29, 0.717) is 0 Å². The number of allylic oxidation sites excluding steroid dienone is 1. The highest BCUT2D eigenvalue weighted by Gasteiger charge is 2.40. The largest absolute Gasteiger partial charge is 0.316 e. The monoisotopic (exact) mass is 193 g/mol. The molecule has 0 aromatic rings. The van der Waals surface area contributed by atoms with Gasteiger partial charge in [-0.2, -0.15) is 0 Å². The van der Waals surface area contributed by atoms with Crippen LogP contribution < -0.4 is 5.32 Å². The van der Waals surface area contributed by atoms with E-state index < -0.39 is 0 Å². The third-order valence-corrected chi connectivity index (χ3v) is 4.61. The van der Waals surface area contributed by atoms with Crippen molar-refractivity contribution < 1.29 is 0 Å². The molecule has 2 rings (SSSR count). The fraction of sp³-hybridized carbons (Fsp3) is 0.846. The summed E-state index contributed by atoms with van der Waals surface area (Å²) in [5, 5.41) is 3.53. The van der Waals surface area contributed by atoms with Crippen molar-refractivity contribution in [1.82, 2.24) is 5.32 Å². The molecule has 0 aromatic carbocycles. The minimum Gasteiger partial charge on any atom is -0.316 e. The number of rotatable bonds is 1. The van der Waals surface area contributed by atoms with Crippen LogP contribution in [0, 0.1) is 29.6 Å². The molecule has 1 saturated heterocycles. The lowest BCUT2D eigenvalue weighted by molar-refractivity contribution is 0.0593. The molecule has 1 N–H and O–H groups in total. The minimum atomic E-state index is 0.769. The number of fused-ring (bicyclic) bond motifs is 1. The molecule has 1 aliphatic heterocycles. The maximum Gasteiger partial charge on any atom is -0.00175 e. The van der Waals surface area contributed by atoms with Crippen LogP contribution in [0.15, 0.2) is 12.7 Å². The number of piperidine rings is 1. The quantitative estimate of drug-likeness (QED) is 0.631. The number of hydrogen-bond donors (Lipinski definition) is 1. The topological polar surface area (TPSA) is 12.0 Å². The fourth-order valence-electron chi connectivity index (χ4n) is 3.56. The van der Waals surface area contributed by atoms with Gasteiger partial charge in [0.1, 0.15) is 0 Å². The van der Waals surface area contributed by atoms with Gasteiger partial charge in [0.05, 0.1) is 0 Å². The maximum absolute atomic E-state index is 4.04. The summed E-state index contributed by atoms with van der Waals surface area (Å²) in [6.07, 6.45) is 5.00. The second kappa shape index (κ2) is 4.06. The van der Waals surface area contributed by atoms with Crippen LogP contribution in [0.5, 0.6) is 0 Å². The molecule has 80 valence electrons. The van der Waals surface area contributed by atoms with Crippen LogP contribution >= 0.6 is 0 Å². The first-order valence-corrected chi connectivity index (χ1v) is 6.07. The average molecular weight is 193 g/mol. The van der Waals surface area contributed by atoms with Gasteiger partial charge in [0.25, 0.3) is 0 Å². The zero-order chi connectivity index (χ0) is 10.1. The maximum atomic E-state index is 4.04. The molecular weight excluding hydrogens is 170 g/mol. The van der Waals surface area contributed by atoms with Crippen LogP contribution in [0.25, 0.3) is 0 Å². The van der Waals surface area contributed by atoms with Gasteiger partial charge < -0.3 is 5.32 Å². The second-order valence-electron chi connectivity index (χ2n) is 5.30. The van der Waals surface area contributed by atoms with Crippen molar-refractivity contribution >= 4 is 0 Å². The summed E-state index contributed by atoms with van der Waals surface area (Å²) < 4.78 is 0. The molecule has 1 heterocycles. The highest BCUT2D eigenvalue weighted by molar-refractivity contribution is 4.98. The predicted octanol–water partition coefficient (Wildman–Crippen LogP) is 2.69. The zero-order valence-electron chi connectivity index (χ0n) is 9.50. The van der Waals surface area contributed by atoms with E-state index in [9.17, 15) is 0 Å². The lowest BCUT2D eigenvalue weighted by Crippen LogP contribution is -2.46. The van der Waals surface area contributed by atoms with E-state index in [2.05, 4.69) is 31.8 Å². The van der Waals surface area contributed by atoms with Gasteiger partial charge in [-0.15, -0.1) is 6.58 Å². The molecule has 1 heteroatoms. The summed E-state index contributed by atoms with van der Waals surface area (Å²) in [5.74, 6) is 4.31. The molecule has 0 bridgehead atoms. The Labute approximate surface area is 88.0 Å². The van der Waals surface area contributed by atoms with Crippen LogP contribution in [0.3, 0.4) is 0 Å². The van der Waals surface area contributed by atoms with Crippen LogP contribution in [0.2, 0.25) is 0 Å². The van der Waals surface area contributed by atoms with Crippen LogP contribution in [0.4, 0.5) is 0 Å². The van der Waals surface area contributed by atoms with Crippen LogP contribution in [-0.4, -0.2) is 13.1 Å². The molecule has 2 aliphatic rings. The minimum absolute atomic E-state index is 0.769. The van der Waals surface area contributed by atoms with Gasteiger partial charge in [-0.1, -0.05) is 19.9 Å². The molecule has 2 fully saturated rings. The lowest BCUT2D eigenvalue weighted by Gasteiger charge is -2.47. The smallest absolute Gasteiger partial charge is 0.00175 e. The molecule has 1 aliphatic carbocycles. The van der Waals surface area contributed by atoms with Gasteiger partial charge in [0, 0.05) is 0 Å². The average Bonchev–Trinajstić information content (AvgIpc) is 2.20. The van der Waals surface area contributed by atoms with E-state index in [1.165, 1.54) is 25.9 Å². The molecule has 1 nitrogen and oxygen atoms in total. The molecule has 0 spiro atoms. The Kier molecular flexibility index (Phi) is 2.96. The molecule has 0 radical (unpaired) electrons. The first-order chi connectivity index (χ1) is 6.74. The van der Waals surface area contributed by atoms with Gasteiger partial charge in [0.15, 0.2) is 0 Å². The van der Waals surface area contributed by atoms with Gasteiger partial charge in [-0.3, -0.25) is 0 Å². The van der Waals surface area contributed by atoms with E-state index in [4.69, 9.17) is 0 Å². The van der Waals surface area contributed by atoms with Crippen LogP contribution in [-0.2, 0) is 0 Å². The molecule has 5 atom stereocenters. The van der Waals surface area contributed by atoms with Gasteiger partial charge in [0.2, 0.25) is 0 Å². The van der Waals surface area contributed by atoms with Crippen molar-refractivity contribution in [2.24, 2.45) is 29.6 Å². The van der Waals surface area contributed by atoms with Crippen molar-refractivity contribution in [3.8, 4) is 0 Å². The normalized spacial score (nSPS) is 48.3. The second-order valence-corrected chi connectivity index (χ2v) is 5.30. The predicted molar refractivity (Wildman–Crippen MR) is 61.1 cm³/mol. The SMILES string of the molecule is C=CC1C(C)C(C)CC2CNCCC21. The third-order valence-electron chi connectivity index (χ3n) is 4.61. The summed E-state index contributed by atoms with van der Waals surface area (Å²) in [6, 6.07) is 0. The Hall–Kier alpha value is -0.300. The van der Waals surface area contributed by atoms with Crippen molar-refractivity contribution in [1.29, 1.82) is 0 Å². The first kappa shape index (κ1) is 10.2. The van der Waals surface area contributed by atoms with Crippen molar-refractivity contribution in [3.05, 3.63) is 12.7 Å².